The van der Waals surface area contributed by atoms with E-state index < -0.39 is 16.1 Å². The number of nitrogens with zero attached hydrogens (tertiary/aromatic N) is 3. The third kappa shape index (κ3) is 3.36. The monoisotopic (exact) mass is 415 g/mol. The van der Waals surface area contributed by atoms with Crippen molar-refractivity contribution in [2.75, 3.05) is 11.9 Å². The summed E-state index contributed by atoms with van der Waals surface area (Å²) in [7, 11) is -4.11. The highest BCUT2D eigenvalue weighted by Crippen LogP contribution is 2.26. The van der Waals surface area contributed by atoms with E-state index in [9.17, 15) is 13.2 Å². The fourth-order valence-electron chi connectivity index (χ4n) is 2.17. The van der Waals surface area contributed by atoms with Crippen LogP contribution in [-0.4, -0.2) is 35.8 Å². The van der Waals surface area contributed by atoms with E-state index in [2.05, 4.69) is 31.3 Å². The number of nitrogens with one attached hydrogen (secondary N) is 2. The number of halogens is 1. The number of aromatic nitrogens is 3. The molecule has 0 atom stereocenters. The van der Waals surface area contributed by atoms with E-state index in [1.807, 2.05) is 4.72 Å². The van der Waals surface area contributed by atoms with Crippen LogP contribution >= 0.6 is 15.9 Å². The van der Waals surface area contributed by atoms with E-state index in [0.29, 0.717) is 23.3 Å². The smallest absolute Gasteiger partial charge is 0.334 e. The third-order valence-corrected chi connectivity index (χ3v) is 5.20. The minimum atomic E-state index is -4.11. The zero-order chi connectivity index (χ0) is 17.3. The lowest BCUT2D eigenvalue weighted by Gasteiger charge is -2.16. The lowest BCUT2D eigenvalue weighted by atomic mass is 10.4. The standard InChI is InChI=1S/C13H14BrN5O4S/c1-8-3-4-9(14)11(16-8)17-13(20)18-24(21,22)10-7-15-19-5-2-6-23-12(10)19/h3-4,7H,2,5-6H2,1H3,(H2,16,17,18,20). The van der Waals surface area contributed by atoms with Crippen LogP contribution in [0.3, 0.4) is 0 Å². The zero-order valence-electron chi connectivity index (χ0n) is 12.6. The van der Waals surface area contributed by atoms with Gasteiger partial charge in [-0.15, -0.1) is 0 Å². The number of sulfonamides is 1. The predicted octanol–water partition coefficient (Wildman–Crippen LogP) is 1.64. The summed E-state index contributed by atoms with van der Waals surface area (Å²) in [6.45, 7) is 2.72. The summed E-state index contributed by atoms with van der Waals surface area (Å²) in [6, 6.07) is 2.53. The minimum absolute atomic E-state index is 0.136. The topological polar surface area (TPSA) is 115 Å². The molecule has 0 bridgehead atoms. The lowest BCUT2D eigenvalue weighted by molar-refractivity contribution is 0.224. The maximum absolute atomic E-state index is 12.4. The number of anilines is 1. The van der Waals surface area contributed by atoms with Crippen molar-refractivity contribution in [3.63, 3.8) is 0 Å². The van der Waals surface area contributed by atoms with Gasteiger partial charge in [0.1, 0.15) is 5.82 Å². The van der Waals surface area contributed by atoms with E-state index in [1.165, 1.54) is 4.68 Å². The highest BCUT2D eigenvalue weighted by molar-refractivity contribution is 9.10. The summed E-state index contributed by atoms with van der Waals surface area (Å²) in [5.41, 5.74) is 0.676. The molecule has 0 aromatic carbocycles. The molecule has 0 spiro atoms. The highest BCUT2D eigenvalue weighted by atomic mass is 79.9. The Labute approximate surface area is 146 Å². The molecule has 2 aromatic heterocycles. The molecule has 0 aliphatic carbocycles. The maximum atomic E-state index is 12.4. The third-order valence-electron chi connectivity index (χ3n) is 3.25. The first-order valence-electron chi connectivity index (χ1n) is 7.02. The Morgan fingerprint density at radius 1 is 1.42 bits per heavy atom. The first-order chi connectivity index (χ1) is 11.4. The van der Waals surface area contributed by atoms with Gasteiger partial charge in [-0.1, -0.05) is 0 Å². The van der Waals surface area contributed by atoms with E-state index in [4.69, 9.17) is 4.74 Å². The van der Waals surface area contributed by atoms with Gasteiger partial charge in [-0.25, -0.2) is 27.6 Å². The number of urea groups is 1. The SMILES string of the molecule is Cc1ccc(Br)c(NC(=O)NS(=O)(=O)c2cnn3c2OCCC3)n1. The molecule has 3 rings (SSSR count). The number of pyridine rings is 1. The lowest BCUT2D eigenvalue weighted by Crippen LogP contribution is -2.35. The van der Waals surface area contributed by atoms with Gasteiger partial charge in [0.05, 0.1) is 17.3 Å². The van der Waals surface area contributed by atoms with Gasteiger partial charge in [-0.2, -0.15) is 5.10 Å². The van der Waals surface area contributed by atoms with Crippen molar-refractivity contribution in [3.05, 3.63) is 28.5 Å². The average molecular weight is 416 g/mol. The second kappa shape index (κ2) is 6.40. The molecule has 0 unspecified atom stereocenters. The van der Waals surface area contributed by atoms with Crippen LogP contribution in [0, 0.1) is 6.92 Å². The summed E-state index contributed by atoms with van der Waals surface area (Å²) in [5.74, 6) is 0.354. The summed E-state index contributed by atoms with van der Waals surface area (Å²) >= 11 is 3.24. The molecule has 1 aliphatic heterocycles. The number of fused-ring (bicyclic) bond motifs is 1. The van der Waals surface area contributed by atoms with Crippen molar-refractivity contribution in [2.45, 2.75) is 24.8 Å². The number of hydrogen-bond acceptors (Lipinski definition) is 6. The summed E-state index contributed by atoms with van der Waals surface area (Å²) in [4.78, 5) is 16.0. The summed E-state index contributed by atoms with van der Waals surface area (Å²) in [6.07, 6.45) is 1.91. The number of ether oxygens (including phenoxy) is 1. The molecule has 2 aromatic rings. The van der Waals surface area contributed by atoms with Crippen molar-refractivity contribution in [1.82, 2.24) is 19.5 Å². The quantitative estimate of drug-likeness (QED) is 0.786. The average Bonchev–Trinajstić information content (AvgIpc) is 2.95. The van der Waals surface area contributed by atoms with Gasteiger partial charge in [0.25, 0.3) is 10.0 Å². The van der Waals surface area contributed by atoms with Gasteiger partial charge in [0, 0.05) is 18.7 Å². The molecular weight excluding hydrogens is 402 g/mol. The van der Waals surface area contributed by atoms with Gasteiger partial charge in [0.15, 0.2) is 4.90 Å². The molecule has 0 saturated carbocycles. The fourth-order valence-corrected chi connectivity index (χ4v) is 3.47. The number of carbonyl (C=O) groups excluding carboxylic acids is 1. The molecule has 0 radical (unpaired) electrons. The predicted molar refractivity (Wildman–Crippen MR) is 88.4 cm³/mol. The normalized spacial score (nSPS) is 13.8. The van der Waals surface area contributed by atoms with Crippen LogP contribution in [0.5, 0.6) is 5.88 Å². The fraction of sp³-hybridized carbons (Fsp3) is 0.308. The van der Waals surface area contributed by atoms with Crippen molar-refractivity contribution in [2.24, 2.45) is 0 Å². The molecule has 11 heteroatoms. The van der Waals surface area contributed by atoms with Crippen LogP contribution in [-0.2, 0) is 16.6 Å². The molecule has 9 nitrogen and oxygen atoms in total. The first-order valence-corrected chi connectivity index (χ1v) is 9.30. The molecule has 2 N–H and O–H groups in total. The van der Waals surface area contributed by atoms with Crippen LogP contribution in [0.2, 0.25) is 0 Å². The Morgan fingerprint density at radius 2 is 2.21 bits per heavy atom. The number of carbonyl (C=O) groups is 1. The second-order valence-corrected chi connectivity index (χ2v) is 7.59. The Kier molecular flexibility index (Phi) is 4.45. The Bertz CT molecular complexity index is 896. The van der Waals surface area contributed by atoms with Gasteiger partial charge in [-0.05, 0) is 35.0 Å². The van der Waals surface area contributed by atoms with Crippen LogP contribution in [0.15, 0.2) is 27.7 Å². The molecule has 24 heavy (non-hydrogen) atoms. The van der Waals surface area contributed by atoms with Crippen LogP contribution in [0.25, 0.3) is 0 Å². The first kappa shape index (κ1) is 16.7. The van der Waals surface area contributed by atoms with E-state index >= 15 is 0 Å². The Balaban J connectivity index is 1.78. The highest BCUT2D eigenvalue weighted by Gasteiger charge is 2.28. The van der Waals surface area contributed by atoms with Gasteiger partial charge >= 0.3 is 6.03 Å². The zero-order valence-corrected chi connectivity index (χ0v) is 15.0. The van der Waals surface area contributed by atoms with Crippen molar-refractivity contribution >= 4 is 37.8 Å². The van der Waals surface area contributed by atoms with E-state index in [1.54, 1.807) is 19.1 Å². The van der Waals surface area contributed by atoms with E-state index in [0.717, 1.165) is 12.6 Å². The Hall–Kier alpha value is -2.14. The molecule has 2 amide bonds. The maximum Gasteiger partial charge on any atom is 0.334 e. The molecule has 0 fully saturated rings. The largest absolute Gasteiger partial charge is 0.477 e. The number of rotatable bonds is 3. The molecule has 3 heterocycles. The van der Waals surface area contributed by atoms with Crippen molar-refractivity contribution in [1.29, 1.82) is 0 Å². The molecule has 1 aliphatic rings. The summed E-state index contributed by atoms with van der Waals surface area (Å²) < 4.78 is 34.0. The number of hydrogen-bond donors (Lipinski definition) is 2. The molecule has 0 saturated heterocycles. The van der Waals surface area contributed by atoms with Crippen molar-refractivity contribution in [3.8, 4) is 5.88 Å². The van der Waals surface area contributed by atoms with Gasteiger partial charge in [-0.3, -0.25) is 5.32 Å². The molecular formula is C13H14BrN5O4S. The number of amides is 2. The van der Waals surface area contributed by atoms with Crippen LogP contribution in [0.1, 0.15) is 12.1 Å². The van der Waals surface area contributed by atoms with Crippen LogP contribution < -0.4 is 14.8 Å². The van der Waals surface area contributed by atoms with E-state index in [-0.39, 0.29) is 16.6 Å². The summed E-state index contributed by atoms with van der Waals surface area (Å²) in [5, 5.41) is 6.35. The van der Waals surface area contributed by atoms with Gasteiger partial charge in [0.2, 0.25) is 5.88 Å². The van der Waals surface area contributed by atoms with Crippen molar-refractivity contribution < 1.29 is 17.9 Å². The number of aryl methyl sites for hydroxylation is 2. The van der Waals surface area contributed by atoms with Crippen LogP contribution in [0.4, 0.5) is 10.6 Å². The second-order valence-electron chi connectivity index (χ2n) is 5.08. The Morgan fingerprint density at radius 3 is 3.00 bits per heavy atom. The minimum Gasteiger partial charge on any atom is -0.477 e. The van der Waals surface area contributed by atoms with Gasteiger partial charge < -0.3 is 4.74 Å². The molecule has 128 valence electrons.